The fourth-order valence-electron chi connectivity index (χ4n) is 4.84. The van der Waals surface area contributed by atoms with E-state index in [4.69, 9.17) is 0 Å². The number of hydrogen-bond acceptors (Lipinski definition) is 6. The van der Waals surface area contributed by atoms with E-state index in [0.29, 0.717) is 18.5 Å². The van der Waals surface area contributed by atoms with Crippen LogP contribution in [0.2, 0.25) is 0 Å². The number of aliphatic hydroxyl groups excluding tert-OH is 1. The van der Waals surface area contributed by atoms with Crippen LogP contribution >= 0.6 is 0 Å². The number of halogens is 1. The summed E-state index contributed by atoms with van der Waals surface area (Å²) in [5.41, 5.74) is 0.298. The summed E-state index contributed by atoms with van der Waals surface area (Å²) < 4.78 is 14.3. The van der Waals surface area contributed by atoms with Crippen molar-refractivity contribution in [1.29, 1.82) is 0 Å². The van der Waals surface area contributed by atoms with Crippen molar-refractivity contribution in [1.82, 2.24) is 9.99 Å². The Morgan fingerprint density at radius 3 is 2.53 bits per heavy atom. The topological polar surface area (TPSA) is 106 Å². The third kappa shape index (κ3) is 4.76. The second kappa shape index (κ2) is 9.31. The van der Waals surface area contributed by atoms with Gasteiger partial charge in [0.05, 0.1) is 22.6 Å². The van der Waals surface area contributed by atoms with Crippen LogP contribution in [0, 0.1) is 5.92 Å². The standard InChI is InChI=1S/C25H31FN4O4/c1-25(2,26)22-6-4-5-19(27-22)23(32)28-20-11-16-13-30(17-9-7-15(14-31)8-10-17)29(3)21(16)12-18(20)24(33)34/h4-6,11-12,15,17,31H,7-10,13-14H2,1-3H3,(H,28,32)(H,33,34). The molecular weight excluding hydrogens is 439 g/mol. The Balaban J connectivity index is 1.58. The number of benzene rings is 1. The van der Waals surface area contributed by atoms with Crippen molar-refractivity contribution in [2.75, 3.05) is 24.0 Å². The minimum atomic E-state index is -1.71. The fraction of sp³-hybridized carbons (Fsp3) is 0.480. The molecule has 1 saturated carbocycles. The van der Waals surface area contributed by atoms with E-state index in [0.717, 1.165) is 36.9 Å². The second-order valence-electron chi connectivity index (χ2n) is 9.64. The maximum Gasteiger partial charge on any atom is 0.337 e. The Hall–Kier alpha value is -3.04. The molecule has 9 heteroatoms. The van der Waals surface area contributed by atoms with Gasteiger partial charge in [-0.1, -0.05) is 6.07 Å². The average Bonchev–Trinajstić information content (AvgIpc) is 3.13. The molecule has 34 heavy (non-hydrogen) atoms. The number of anilines is 2. The van der Waals surface area contributed by atoms with Gasteiger partial charge in [-0.25, -0.2) is 19.2 Å². The molecule has 1 aliphatic carbocycles. The highest BCUT2D eigenvalue weighted by atomic mass is 19.1. The van der Waals surface area contributed by atoms with E-state index in [2.05, 4.69) is 15.3 Å². The van der Waals surface area contributed by atoms with Gasteiger partial charge in [-0.3, -0.25) is 4.79 Å². The largest absolute Gasteiger partial charge is 0.478 e. The van der Waals surface area contributed by atoms with Crippen LogP contribution in [0.3, 0.4) is 0 Å². The lowest BCUT2D eigenvalue weighted by Gasteiger charge is -2.38. The van der Waals surface area contributed by atoms with Crippen LogP contribution in [0.4, 0.5) is 15.8 Å². The molecule has 2 heterocycles. The van der Waals surface area contributed by atoms with E-state index in [-0.39, 0.29) is 29.2 Å². The Kier molecular flexibility index (Phi) is 6.60. The molecule has 0 saturated heterocycles. The quantitative estimate of drug-likeness (QED) is 0.587. The van der Waals surface area contributed by atoms with Crippen LogP contribution in [0.5, 0.6) is 0 Å². The summed E-state index contributed by atoms with van der Waals surface area (Å²) in [6.07, 6.45) is 3.86. The number of aliphatic hydroxyl groups is 1. The highest BCUT2D eigenvalue weighted by molar-refractivity contribution is 6.07. The monoisotopic (exact) mass is 470 g/mol. The lowest BCUT2D eigenvalue weighted by Crippen LogP contribution is -2.44. The number of amides is 1. The minimum Gasteiger partial charge on any atom is -0.478 e. The van der Waals surface area contributed by atoms with Gasteiger partial charge in [-0.15, -0.1) is 0 Å². The van der Waals surface area contributed by atoms with Crippen molar-refractivity contribution in [3.63, 3.8) is 0 Å². The van der Waals surface area contributed by atoms with E-state index < -0.39 is 17.5 Å². The van der Waals surface area contributed by atoms with Crippen LogP contribution < -0.4 is 10.3 Å². The summed E-state index contributed by atoms with van der Waals surface area (Å²) >= 11 is 0. The number of aromatic nitrogens is 1. The number of rotatable bonds is 6. The molecule has 0 atom stereocenters. The highest BCUT2D eigenvalue weighted by Crippen LogP contribution is 2.39. The number of carboxylic acid groups (broad SMARTS) is 1. The summed E-state index contributed by atoms with van der Waals surface area (Å²) in [5, 5.41) is 26.1. The highest BCUT2D eigenvalue weighted by Gasteiger charge is 2.34. The van der Waals surface area contributed by atoms with Gasteiger partial charge in [-0.2, -0.15) is 0 Å². The summed E-state index contributed by atoms with van der Waals surface area (Å²) in [5.74, 6) is -1.40. The lowest BCUT2D eigenvalue weighted by molar-refractivity contribution is 0.0698. The first kappa shape index (κ1) is 24.1. The first-order valence-electron chi connectivity index (χ1n) is 11.6. The molecule has 1 amide bonds. The van der Waals surface area contributed by atoms with Crippen molar-refractivity contribution in [2.24, 2.45) is 5.92 Å². The normalized spacial score (nSPS) is 20.8. The Bertz CT molecular complexity index is 1090. The van der Waals surface area contributed by atoms with Crippen molar-refractivity contribution in [3.8, 4) is 0 Å². The summed E-state index contributed by atoms with van der Waals surface area (Å²) in [4.78, 5) is 29.0. The molecule has 1 aromatic heterocycles. The molecule has 0 spiro atoms. The molecule has 1 fully saturated rings. The molecule has 1 aliphatic heterocycles. The molecule has 0 radical (unpaired) electrons. The van der Waals surface area contributed by atoms with Crippen LogP contribution in [-0.4, -0.2) is 51.8 Å². The van der Waals surface area contributed by atoms with Gasteiger partial charge in [0.1, 0.15) is 11.4 Å². The van der Waals surface area contributed by atoms with Crippen LogP contribution in [0.1, 0.15) is 71.6 Å². The van der Waals surface area contributed by atoms with Gasteiger partial charge in [-0.05, 0) is 75.3 Å². The van der Waals surface area contributed by atoms with Crippen LogP contribution in [0.25, 0.3) is 0 Å². The molecule has 182 valence electrons. The Morgan fingerprint density at radius 2 is 1.91 bits per heavy atom. The number of hydrogen-bond donors (Lipinski definition) is 3. The predicted molar refractivity (Wildman–Crippen MR) is 127 cm³/mol. The first-order valence-corrected chi connectivity index (χ1v) is 11.6. The first-order chi connectivity index (χ1) is 16.1. The smallest absolute Gasteiger partial charge is 0.337 e. The Morgan fingerprint density at radius 1 is 1.21 bits per heavy atom. The zero-order valence-electron chi connectivity index (χ0n) is 19.7. The number of nitrogens with one attached hydrogen (secondary N) is 1. The van der Waals surface area contributed by atoms with Crippen molar-refractivity contribution >= 4 is 23.3 Å². The van der Waals surface area contributed by atoms with Crippen molar-refractivity contribution in [2.45, 2.75) is 57.8 Å². The maximum atomic E-state index is 14.3. The molecule has 8 nitrogen and oxygen atoms in total. The van der Waals surface area contributed by atoms with Gasteiger partial charge in [0.25, 0.3) is 5.91 Å². The van der Waals surface area contributed by atoms with E-state index in [1.54, 1.807) is 18.2 Å². The number of nitrogens with zero attached hydrogens (tertiary/aromatic N) is 3. The van der Waals surface area contributed by atoms with Crippen LogP contribution in [-0.2, 0) is 12.2 Å². The van der Waals surface area contributed by atoms with Crippen molar-refractivity contribution in [3.05, 3.63) is 52.8 Å². The molecule has 4 rings (SSSR count). The second-order valence-corrected chi connectivity index (χ2v) is 9.64. The number of alkyl halides is 1. The number of hydrazine groups is 1. The average molecular weight is 471 g/mol. The number of carboxylic acids is 1. The summed E-state index contributed by atoms with van der Waals surface area (Å²) in [7, 11) is 1.92. The molecule has 0 bridgehead atoms. The molecular formula is C25H31FN4O4. The SMILES string of the molecule is CN1c2cc(C(=O)O)c(NC(=O)c3cccc(C(C)(C)F)n3)cc2CN1C1CCC(CO)CC1. The van der Waals surface area contributed by atoms with Gasteiger partial charge in [0.15, 0.2) is 0 Å². The Labute approximate surface area is 198 Å². The van der Waals surface area contributed by atoms with Gasteiger partial charge in [0, 0.05) is 26.2 Å². The van der Waals surface area contributed by atoms with Crippen molar-refractivity contribution < 1.29 is 24.2 Å². The lowest BCUT2D eigenvalue weighted by atomic mass is 9.86. The molecule has 1 aromatic carbocycles. The van der Waals surface area contributed by atoms with Gasteiger partial charge in [0.2, 0.25) is 0 Å². The fourth-order valence-corrected chi connectivity index (χ4v) is 4.84. The van der Waals surface area contributed by atoms with E-state index in [1.807, 2.05) is 12.1 Å². The van der Waals surface area contributed by atoms with Gasteiger partial charge >= 0.3 is 5.97 Å². The van der Waals surface area contributed by atoms with E-state index in [1.165, 1.54) is 26.0 Å². The number of carbonyl (C=O) groups is 2. The molecule has 0 unspecified atom stereocenters. The zero-order chi connectivity index (χ0) is 24.6. The van der Waals surface area contributed by atoms with Crippen LogP contribution in [0.15, 0.2) is 30.3 Å². The molecule has 3 N–H and O–H groups in total. The summed E-state index contributed by atoms with van der Waals surface area (Å²) in [6, 6.07) is 8.13. The number of aromatic carboxylic acids is 1. The van der Waals surface area contributed by atoms with E-state index >= 15 is 0 Å². The molecule has 2 aliphatic rings. The third-order valence-electron chi connectivity index (χ3n) is 6.85. The number of pyridine rings is 1. The van der Waals surface area contributed by atoms with Gasteiger partial charge < -0.3 is 20.5 Å². The van der Waals surface area contributed by atoms with E-state index in [9.17, 15) is 24.2 Å². The number of carbonyl (C=O) groups excluding carboxylic acids is 1. The molecule has 2 aromatic rings. The zero-order valence-corrected chi connectivity index (χ0v) is 19.7. The predicted octanol–water partition coefficient (Wildman–Crippen LogP) is 3.95. The summed E-state index contributed by atoms with van der Waals surface area (Å²) in [6.45, 7) is 3.54. The maximum absolute atomic E-state index is 14.3. The third-order valence-corrected chi connectivity index (χ3v) is 6.85. The minimum absolute atomic E-state index is 0.0134. The number of fused-ring (bicyclic) bond motifs is 1.